The molecule has 4 nitrogen and oxygen atoms in total. The van der Waals surface area contributed by atoms with E-state index in [1.165, 1.54) is 18.2 Å². The summed E-state index contributed by atoms with van der Waals surface area (Å²) in [7, 11) is 0. The number of nitrogens with zero attached hydrogens (tertiary/aromatic N) is 1. The highest BCUT2D eigenvalue weighted by molar-refractivity contribution is 5.81. The molecule has 0 aliphatic rings. The van der Waals surface area contributed by atoms with E-state index in [1.54, 1.807) is 6.33 Å². The molecule has 1 aromatic heterocycles. The predicted octanol–water partition coefficient (Wildman–Crippen LogP) is 3.03. The van der Waals surface area contributed by atoms with Crippen LogP contribution in [0, 0.1) is 5.82 Å². The molecule has 0 unspecified atom stereocenters. The molecule has 1 heterocycles. The van der Waals surface area contributed by atoms with Crippen LogP contribution in [0.2, 0.25) is 0 Å². The van der Waals surface area contributed by atoms with Crippen LogP contribution < -0.4 is 11.1 Å². The van der Waals surface area contributed by atoms with E-state index >= 15 is 0 Å². The quantitative estimate of drug-likeness (QED) is 0.605. The zero-order valence-corrected chi connectivity index (χ0v) is 9.44. The average molecular weight is 242 g/mol. The second-order valence-corrected chi connectivity index (χ2v) is 3.99. The standard InChI is InChI=1S/C13H11FN4/c14-8-1-3-10(15)12(5-8)18-9-2-4-11-13(6-9)17-7-16-11/h1-7,18H,15H2,(H,16,17). The summed E-state index contributed by atoms with van der Waals surface area (Å²) < 4.78 is 13.1. The van der Waals surface area contributed by atoms with Crippen LogP contribution in [0.4, 0.5) is 21.5 Å². The second kappa shape index (κ2) is 4.03. The Balaban J connectivity index is 1.97. The van der Waals surface area contributed by atoms with Crippen molar-refractivity contribution >= 4 is 28.1 Å². The van der Waals surface area contributed by atoms with Crippen LogP contribution in [0.1, 0.15) is 0 Å². The van der Waals surface area contributed by atoms with Crippen molar-refractivity contribution in [2.45, 2.75) is 0 Å². The Bertz CT molecular complexity index is 705. The molecule has 0 amide bonds. The van der Waals surface area contributed by atoms with Crippen LogP contribution in [0.25, 0.3) is 11.0 Å². The minimum atomic E-state index is -0.325. The third kappa shape index (κ3) is 1.86. The molecule has 18 heavy (non-hydrogen) atoms. The molecule has 0 radical (unpaired) electrons. The summed E-state index contributed by atoms with van der Waals surface area (Å²) in [4.78, 5) is 7.15. The largest absolute Gasteiger partial charge is 0.397 e. The molecule has 0 fully saturated rings. The summed E-state index contributed by atoms with van der Waals surface area (Å²) in [6, 6.07) is 9.88. The molecule has 0 spiro atoms. The average Bonchev–Trinajstić information content (AvgIpc) is 2.81. The number of nitrogens with one attached hydrogen (secondary N) is 2. The summed E-state index contributed by atoms with van der Waals surface area (Å²) in [5, 5.41) is 3.08. The lowest BCUT2D eigenvalue weighted by molar-refractivity contribution is 0.628. The predicted molar refractivity (Wildman–Crippen MR) is 70.2 cm³/mol. The molecule has 0 bridgehead atoms. The molecule has 3 rings (SSSR count). The Kier molecular flexibility index (Phi) is 2.37. The van der Waals surface area contributed by atoms with Crippen molar-refractivity contribution in [1.29, 1.82) is 0 Å². The number of hydrogen-bond acceptors (Lipinski definition) is 3. The van der Waals surface area contributed by atoms with Gasteiger partial charge in [-0.25, -0.2) is 9.37 Å². The van der Waals surface area contributed by atoms with Crippen molar-refractivity contribution in [3.63, 3.8) is 0 Å². The summed E-state index contributed by atoms with van der Waals surface area (Å²) >= 11 is 0. The number of benzene rings is 2. The number of fused-ring (bicyclic) bond motifs is 1. The van der Waals surface area contributed by atoms with Gasteiger partial charge in [-0.15, -0.1) is 0 Å². The highest BCUT2D eigenvalue weighted by Gasteiger charge is 2.03. The lowest BCUT2D eigenvalue weighted by atomic mass is 10.2. The number of aromatic amines is 1. The maximum absolute atomic E-state index is 13.1. The number of rotatable bonds is 2. The van der Waals surface area contributed by atoms with Crippen molar-refractivity contribution in [3.05, 3.63) is 48.5 Å². The molecule has 0 aliphatic carbocycles. The third-order valence-electron chi connectivity index (χ3n) is 2.71. The van der Waals surface area contributed by atoms with E-state index in [-0.39, 0.29) is 5.82 Å². The monoisotopic (exact) mass is 242 g/mol. The Morgan fingerprint density at radius 3 is 2.94 bits per heavy atom. The van der Waals surface area contributed by atoms with Gasteiger partial charge in [0.1, 0.15) is 5.82 Å². The fourth-order valence-corrected chi connectivity index (χ4v) is 1.81. The van der Waals surface area contributed by atoms with E-state index in [0.29, 0.717) is 11.4 Å². The van der Waals surface area contributed by atoms with Crippen molar-refractivity contribution < 1.29 is 4.39 Å². The molecule has 0 atom stereocenters. The number of aromatic nitrogens is 2. The van der Waals surface area contributed by atoms with E-state index in [2.05, 4.69) is 15.3 Å². The van der Waals surface area contributed by atoms with Crippen LogP contribution >= 0.6 is 0 Å². The van der Waals surface area contributed by atoms with Crippen LogP contribution in [0.5, 0.6) is 0 Å². The summed E-state index contributed by atoms with van der Waals surface area (Å²) in [6.45, 7) is 0. The number of imidazole rings is 1. The molecule has 0 aliphatic heterocycles. The summed E-state index contributed by atoms with van der Waals surface area (Å²) in [5.74, 6) is -0.325. The molecule has 3 aromatic rings. The lowest BCUT2D eigenvalue weighted by Gasteiger charge is -2.09. The fraction of sp³-hybridized carbons (Fsp3) is 0. The van der Waals surface area contributed by atoms with E-state index < -0.39 is 0 Å². The first-order valence-corrected chi connectivity index (χ1v) is 5.47. The SMILES string of the molecule is Nc1ccc(F)cc1Nc1ccc2nc[nH]c2c1. The Hall–Kier alpha value is -2.56. The Morgan fingerprint density at radius 1 is 1.17 bits per heavy atom. The molecule has 90 valence electrons. The van der Waals surface area contributed by atoms with Gasteiger partial charge in [0.25, 0.3) is 0 Å². The van der Waals surface area contributed by atoms with Crippen LogP contribution in [0.15, 0.2) is 42.7 Å². The van der Waals surface area contributed by atoms with Gasteiger partial charge in [0.05, 0.1) is 28.7 Å². The number of halogens is 1. The molecule has 5 heteroatoms. The normalized spacial score (nSPS) is 10.7. The van der Waals surface area contributed by atoms with E-state index in [0.717, 1.165) is 16.7 Å². The lowest BCUT2D eigenvalue weighted by Crippen LogP contribution is -1.96. The summed E-state index contributed by atoms with van der Waals surface area (Å²) in [5.41, 5.74) is 9.45. The zero-order chi connectivity index (χ0) is 12.5. The molecule has 0 saturated heterocycles. The first-order chi connectivity index (χ1) is 8.72. The first kappa shape index (κ1) is 10.6. The van der Waals surface area contributed by atoms with Crippen LogP contribution in [-0.2, 0) is 0 Å². The maximum atomic E-state index is 13.1. The number of anilines is 3. The van der Waals surface area contributed by atoms with Crippen molar-refractivity contribution in [1.82, 2.24) is 9.97 Å². The molecule has 2 aromatic carbocycles. The van der Waals surface area contributed by atoms with Crippen LogP contribution in [0.3, 0.4) is 0 Å². The van der Waals surface area contributed by atoms with Gasteiger partial charge < -0.3 is 16.0 Å². The maximum Gasteiger partial charge on any atom is 0.125 e. The molecular formula is C13H11FN4. The van der Waals surface area contributed by atoms with Gasteiger partial charge in [-0.2, -0.15) is 0 Å². The summed E-state index contributed by atoms with van der Waals surface area (Å²) in [6.07, 6.45) is 1.63. The van der Waals surface area contributed by atoms with Gasteiger partial charge >= 0.3 is 0 Å². The van der Waals surface area contributed by atoms with E-state index in [1.807, 2.05) is 18.2 Å². The molecule has 0 saturated carbocycles. The third-order valence-corrected chi connectivity index (χ3v) is 2.71. The second-order valence-electron chi connectivity index (χ2n) is 3.99. The first-order valence-electron chi connectivity index (χ1n) is 5.47. The Morgan fingerprint density at radius 2 is 2.06 bits per heavy atom. The van der Waals surface area contributed by atoms with Gasteiger partial charge in [0.2, 0.25) is 0 Å². The minimum absolute atomic E-state index is 0.325. The Labute approximate surface area is 103 Å². The number of H-pyrrole nitrogens is 1. The fourth-order valence-electron chi connectivity index (χ4n) is 1.81. The minimum Gasteiger partial charge on any atom is -0.397 e. The van der Waals surface area contributed by atoms with Gasteiger partial charge in [-0.1, -0.05) is 0 Å². The van der Waals surface area contributed by atoms with E-state index in [4.69, 9.17) is 5.73 Å². The van der Waals surface area contributed by atoms with Gasteiger partial charge in [0.15, 0.2) is 0 Å². The molecular weight excluding hydrogens is 231 g/mol. The van der Waals surface area contributed by atoms with Gasteiger partial charge in [0, 0.05) is 5.69 Å². The van der Waals surface area contributed by atoms with Gasteiger partial charge in [-0.05, 0) is 36.4 Å². The van der Waals surface area contributed by atoms with Crippen molar-refractivity contribution in [2.75, 3.05) is 11.1 Å². The zero-order valence-electron chi connectivity index (χ0n) is 9.44. The highest BCUT2D eigenvalue weighted by Crippen LogP contribution is 2.25. The van der Waals surface area contributed by atoms with Gasteiger partial charge in [-0.3, -0.25) is 0 Å². The highest BCUT2D eigenvalue weighted by atomic mass is 19.1. The van der Waals surface area contributed by atoms with Crippen LogP contribution in [-0.4, -0.2) is 9.97 Å². The number of nitrogen functional groups attached to an aromatic ring is 1. The smallest absolute Gasteiger partial charge is 0.125 e. The number of nitrogens with two attached hydrogens (primary N) is 1. The molecule has 4 N–H and O–H groups in total. The van der Waals surface area contributed by atoms with Crippen molar-refractivity contribution in [3.8, 4) is 0 Å². The van der Waals surface area contributed by atoms with Crippen molar-refractivity contribution in [2.24, 2.45) is 0 Å². The van der Waals surface area contributed by atoms with E-state index in [9.17, 15) is 4.39 Å². The number of hydrogen-bond donors (Lipinski definition) is 3. The topological polar surface area (TPSA) is 66.7 Å².